The summed E-state index contributed by atoms with van der Waals surface area (Å²) in [5.41, 5.74) is 8.99. The van der Waals surface area contributed by atoms with Crippen LogP contribution in [0.4, 0.5) is 5.69 Å². The second kappa shape index (κ2) is 5.77. The molecule has 0 amide bonds. The number of hydrogen-bond acceptors (Lipinski definition) is 5. The average molecular weight is 371 g/mol. The van der Waals surface area contributed by atoms with Crippen molar-refractivity contribution >= 4 is 33.0 Å². The third-order valence-electron chi connectivity index (χ3n) is 6.97. The molecule has 4 aliphatic rings. The third-order valence-corrected chi connectivity index (χ3v) is 8.07. The van der Waals surface area contributed by atoms with Crippen molar-refractivity contribution in [3.05, 3.63) is 22.2 Å². The van der Waals surface area contributed by atoms with Crippen molar-refractivity contribution in [3.63, 3.8) is 0 Å². The molecule has 2 heterocycles. The number of pyridine rings is 1. The number of Topliss-reactive ketones (excluding diaryl/α,β-unsaturated/α-hetero) is 1. The maximum atomic E-state index is 13.7. The lowest BCUT2D eigenvalue weighted by Crippen LogP contribution is -2.49. The zero-order valence-electron chi connectivity index (χ0n) is 15.5. The molecule has 4 bridgehead atoms. The summed E-state index contributed by atoms with van der Waals surface area (Å²) in [7, 11) is 1.67. The molecule has 4 saturated carbocycles. The van der Waals surface area contributed by atoms with E-state index in [2.05, 4.69) is 0 Å². The summed E-state index contributed by atoms with van der Waals surface area (Å²) in [6, 6.07) is 2.02. The Morgan fingerprint density at radius 2 is 1.88 bits per heavy atom. The van der Waals surface area contributed by atoms with Crippen LogP contribution < -0.4 is 5.73 Å². The van der Waals surface area contributed by atoms with Crippen molar-refractivity contribution < 1.29 is 9.53 Å². The summed E-state index contributed by atoms with van der Waals surface area (Å²) in [6.45, 7) is 2.53. The lowest BCUT2D eigenvalue weighted by atomic mass is 9.48. The highest BCUT2D eigenvalue weighted by Gasteiger charge is 2.55. The first-order chi connectivity index (χ1) is 12.5. The van der Waals surface area contributed by atoms with Gasteiger partial charge in [0.1, 0.15) is 4.83 Å². The van der Waals surface area contributed by atoms with Gasteiger partial charge in [0.25, 0.3) is 0 Å². The van der Waals surface area contributed by atoms with Gasteiger partial charge in [-0.15, -0.1) is 11.3 Å². The second-order valence-corrected chi connectivity index (χ2v) is 9.91. The Bertz CT molecular complexity index is 866. The van der Waals surface area contributed by atoms with Gasteiger partial charge >= 0.3 is 0 Å². The molecule has 5 heteroatoms. The van der Waals surface area contributed by atoms with E-state index < -0.39 is 0 Å². The number of fused-ring (bicyclic) bond motifs is 1. The van der Waals surface area contributed by atoms with E-state index in [0.29, 0.717) is 18.1 Å². The molecule has 4 aliphatic carbocycles. The zero-order chi connectivity index (χ0) is 18.1. The van der Waals surface area contributed by atoms with Gasteiger partial charge in [0.2, 0.25) is 0 Å². The number of carbonyl (C=O) groups is 1. The fourth-order valence-corrected chi connectivity index (χ4v) is 7.65. The van der Waals surface area contributed by atoms with Gasteiger partial charge in [-0.1, -0.05) is 0 Å². The summed E-state index contributed by atoms with van der Waals surface area (Å²) in [6.07, 6.45) is 7.26. The number of rotatable bonds is 4. The first kappa shape index (κ1) is 16.7. The Balaban J connectivity index is 1.57. The number of methoxy groups -OCH3 is 1. The van der Waals surface area contributed by atoms with Crippen LogP contribution in [0.1, 0.15) is 59.5 Å². The highest BCUT2D eigenvalue weighted by molar-refractivity contribution is 7.21. The number of aromatic nitrogens is 1. The molecule has 0 aromatic carbocycles. The fraction of sp³-hybridized carbons (Fsp3) is 0.619. The van der Waals surface area contributed by atoms with Crippen molar-refractivity contribution in [2.45, 2.75) is 52.1 Å². The highest BCUT2D eigenvalue weighted by Crippen LogP contribution is 2.61. The maximum absolute atomic E-state index is 13.7. The number of nitrogens with zero attached hydrogens (tertiary/aromatic N) is 1. The quantitative estimate of drug-likeness (QED) is 0.790. The van der Waals surface area contributed by atoms with Crippen LogP contribution in [0.25, 0.3) is 10.2 Å². The number of anilines is 1. The van der Waals surface area contributed by atoms with Gasteiger partial charge in [0.05, 0.1) is 22.9 Å². The van der Waals surface area contributed by atoms with Gasteiger partial charge in [-0.25, -0.2) is 4.98 Å². The molecule has 0 spiro atoms. The second-order valence-electron chi connectivity index (χ2n) is 8.92. The van der Waals surface area contributed by atoms with Crippen LogP contribution in [0.2, 0.25) is 0 Å². The first-order valence-electron chi connectivity index (χ1n) is 9.71. The smallest absolute Gasteiger partial charge is 0.181 e. The Labute approximate surface area is 158 Å². The van der Waals surface area contributed by atoms with Gasteiger partial charge in [0.15, 0.2) is 5.78 Å². The predicted octanol–water partition coefficient (Wildman–Crippen LogP) is 4.73. The largest absolute Gasteiger partial charge is 0.397 e. The summed E-state index contributed by atoms with van der Waals surface area (Å²) < 4.78 is 5.22. The maximum Gasteiger partial charge on any atom is 0.181 e. The van der Waals surface area contributed by atoms with Crippen LogP contribution in [0, 0.1) is 30.1 Å². The molecule has 0 atom stereocenters. The molecule has 26 heavy (non-hydrogen) atoms. The van der Waals surface area contributed by atoms with Crippen molar-refractivity contribution in [2.24, 2.45) is 23.2 Å². The van der Waals surface area contributed by atoms with E-state index in [0.717, 1.165) is 63.4 Å². The average Bonchev–Trinajstić information content (AvgIpc) is 2.90. The molecule has 2 aromatic heterocycles. The SMILES string of the molecule is COCc1cc(C)c2c(N)c(C(=O)C34CC5CC(CC(C5)C3)C4)sc2n1. The van der Waals surface area contributed by atoms with Crippen LogP contribution in [-0.2, 0) is 11.3 Å². The fourth-order valence-electron chi connectivity index (χ4n) is 6.40. The lowest BCUT2D eigenvalue weighted by Gasteiger charge is -2.55. The van der Waals surface area contributed by atoms with Crippen molar-refractivity contribution in [3.8, 4) is 0 Å². The number of nitrogens with two attached hydrogens (primary N) is 1. The van der Waals surface area contributed by atoms with Crippen LogP contribution in [0.15, 0.2) is 6.07 Å². The molecule has 0 unspecified atom stereocenters. The monoisotopic (exact) mass is 370 g/mol. The van der Waals surface area contributed by atoms with E-state index >= 15 is 0 Å². The molecule has 0 saturated heterocycles. The van der Waals surface area contributed by atoms with Crippen LogP contribution in [0.5, 0.6) is 0 Å². The molecule has 0 radical (unpaired) electrons. The number of carbonyl (C=O) groups excluding carboxylic acids is 1. The van der Waals surface area contributed by atoms with Crippen molar-refractivity contribution in [1.29, 1.82) is 0 Å². The zero-order valence-corrected chi connectivity index (χ0v) is 16.3. The van der Waals surface area contributed by atoms with Gasteiger partial charge < -0.3 is 10.5 Å². The molecular weight excluding hydrogens is 344 g/mol. The van der Waals surface area contributed by atoms with Gasteiger partial charge in [-0.3, -0.25) is 4.79 Å². The Morgan fingerprint density at radius 1 is 1.27 bits per heavy atom. The third kappa shape index (κ3) is 2.36. The molecule has 0 aliphatic heterocycles. The van der Waals surface area contributed by atoms with Crippen molar-refractivity contribution in [2.75, 3.05) is 12.8 Å². The first-order valence-corrected chi connectivity index (χ1v) is 10.5. The minimum Gasteiger partial charge on any atom is -0.397 e. The summed E-state index contributed by atoms with van der Waals surface area (Å²) in [5, 5.41) is 0.961. The number of thiophene rings is 1. The number of aryl methyl sites for hydroxylation is 1. The number of hydrogen-bond donors (Lipinski definition) is 1. The van der Waals surface area contributed by atoms with Crippen LogP contribution in [-0.4, -0.2) is 17.9 Å². The Morgan fingerprint density at radius 3 is 2.46 bits per heavy atom. The number of ketones is 1. The predicted molar refractivity (Wildman–Crippen MR) is 104 cm³/mol. The normalized spacial score (nSPS) is 32.5. The topological polar surface area (TPSA) is 65.2 Å². The van der Waals surface area contributed by atoms with E-state index in [1.807, 2.05) is 13.0 Å². The van der Waals surface area contributed by atoms with Gasteiger partial charge in [-0.05, 0) is 74.8 Å². The van der Waals surface area contributed by atoms with E-state index in [1.54, 1.807) is 7.11 Å². The Kier molecular flexibility index (Phi) is 3.70. The standard InChI is InChI=1S/C21H26N2O2S/c1-11-3-15(10-25-2)23-20-16(11)17(22)18(26-20)19(24)21-7-12-4-13(8-21)6-14(5-12)9-21/h3,12-14H,4-10,22H2,1-2H3. The van der Waals surface area contributed by atoms with E-state index in [1.165, 1.54) is 30.6 Å². The Hall–Kier alpha value is -1.46. The summed E-state index contributed by atoms with van der Waals surface area (Å²) >= 11 is 1.49. The highest BCUT2D eigenvalue weighted by atomic mass is 32.1. The molecule has 4 fully saturated rings. The van der Waals surface area contributed by atoms with Crippen LogP contribution in [0.3, 0.4) is 0 Å². The van der Waals surface area contributed by atoms with E-state index in [4.69, 9.17) is 15.5 Å². The number of ether oxygens (including phenoxy) is 1. The molecule has 2 N–H and O–H groups in total. The minimum absolute atomic E-state index is 0.146. The lowest BCUT2D eigenvalue weighted by molar-refractivity contribution is -0.0350. The molecule has 4 nitrogen and oxygen atoms in total. The minimum atomic E-state index is -0.146. The van der Waals surface area contributed by atoms with E-state index in [9.17, 15) is 4.79 Å². The van der Waals surface area contributed by atoms with Gasteiger partial charge in [0, 0.05) is 17.9 Å². The van der Waals surface area contributed by atoms with Crippen molar-refractivity contribution in [1.82, 2.24) is 4.98 Å². The molecule has 138 valence electrons. The van der Waals surface area contributed by atoms with Crippen LogP contribution >= 0.6 is 11.3 Å². The molecule has 2 aromatic rings. The summed E-state index contributed by atoms with van der Waals surface area (Å²) in [4.78, 5) is 20.0. The van der Waals surface area contributed by atoms with Gasteiger partial charge in [-0.2, -0.15) is 0 Å². The summed E-state index contributed by atoms with van der Waals surface area (Å²) in [5.74, 6) is 2.58. The number of nitrogen functional groups attached to an aromatic ring is 1. The van der Waals surface area contributed by atoms with E-state index in [-0.39, 0.29) is 5.41 Å². The molecular formula is C21H26N2O2S. The molecule has 6 rings (SSSR count).